The highest BCUT2D eigenvalue weighted by atomic mass is 32.2. The van der Waals surface area contributed by atoms with Crippen molar-refractivity contribution in [2.45, 2.75) is 95.9 Å². The number of allylic oxidation sites excluding steroid dienone is 4. The molecule has 2 rings (SSSR count). The Bertz CT molecular complexity index is 942. The van der Waals surface area contributed by atoms with Gasteiger partial charge in [-0.15, -0.1) is 0 Å². The molecule has 0 bridgehead atoms. The number of rotatable bonds is 20. The van der Waals surface area contributed by atoms with Gasteiger partial charge in [0.05, 0.1) is 19.0 Å². The predicted molar refractivity (Wildman–Crippen MR) is 149 cm³/mol. The molecule has 0 aromatic carbocycles. The highest BCUT2D eigenvalue weighted by molar-refractivity contribution is 8.00. The lowest BCUT2D eigenvalue weighted by Crippen LogP contribution is -2.06. The maximum atomic E-state index is 11.7. The second-order valence-electron chi connectivity index (χ2n) is 8.83. The van der Waals surface area contributed by atoms with Crippen LogP contribution in [0, 0.1) is 0 Å². The van der Waals surface area contributed by atoms with Gasteiger partial charge in [-0.2, -0.15) is 5.10 Å². The van der Waals surface area contributed by atoms with Crippen LogP contribution in [-0.4, -0.2) is 44.7 Å². The van der Waals surface area contributed by atoms with Crippen molar-refractivity contribution in [3.8, 4) is 5.88 Å². The summed E-state index contributed by atoms with van der Waals surface area (Å²) >= 11 is 1.31. The average Bonchev–Trinajstić information content (AvgIpc) is 3.20. The van der Waals surface area contributed by atoms with Crippen molar-refractivity contribution < 1.29 is 14.3 Å². The molecular formula is C28H44N4O3S. The molecule has 0 N–H and O–H groups in total. The molecule has 0 saturated heterocycles. The van der Waals surface area contributed by atoms with Crippen molar-refractivity contribution in [1.29, 1.82) is 0 Å². The Morgan fingerprint density at radius 1 is 0.917 bits per heavy atom. The van der Waals surface area contributed by atoms with Crippen LogP contribution in [0.4, 0.5) is 0 Å². The Hall–Kier alpha value is -2.35. The second-order valence-corrected chi connectivity index (χ2v) is 9.80. The summed E-state index contributed by atoms with van der Waals surface area (Å²) in [5, 5.41) is 5.18. The number of hydrogen-bond donors (Lipinski definition) is 0. The number of carbonyl (C=O) groups is 1. The minimum Gasteiger partial charge on any atom is -0.476 e. The Morgan fingerprint density at radius 2 is 1.61 bits per heavy atom. The van der Waals surface area contributed by atoms with E-state index in [-0.39, 0.29) is 11.7 Å². The minimum atomic E-state index is -0.265. The first kappa shape index (κ1) is 29.9. The fourth-order valence-electron chi connectivity index (χ4n) is 3.81. The summed E-state index contributed by atoms with van der Waals surface area (Å²) in [4.78, 5) is 20.3. The van der Waals surface area contributed by atoms with Crippen LogP contribution >= 0.6 is 11.8 Å². The number of hydrogen-bond acceptors (Lipinski definition) is 7. The monoisotopic (exact) mass is 516 g/mol. The van der Waals surface area contributed by atoms with E-state index in [4.69, 9.17) is 9.47 Å². The Labute approximate surface area is 221 Å². The van der Waals surface area contributed by atoms with Crippen LogP contribution in [-0.2, 0) is 16.6 Å². The van der Waals surface area contributed by atoms with Gasteiger partial charge >= 0.3 is 5.97 Å². The maximum absolute atomic E-state index is 11.7. The van der Waals surface area contributed by atoms with Gasteiger partial charge < -0.3 is 9.47 Å². The third-order valence-electron chi connectivity index (χ3n) is 5.75. The number of ether oxygens (including phenoxy) is 2. The molecule has 0 spiro atoms. The molecular weight excluding hydrogens is 472 g/mol. The minimum absolute atomic E-state index is 0.194. The van der Waals surface area contributed by atoms with Crippen molar-refractivity contribution >= 4 is 28.8 Å². The largest absolute Gasteiger partial charge is 0.476 e. The maximum Gasteiger partial charge on any atom is 0.316 e. The van der Waals surface area contributed by atoms with Crippen molar-refractivity contribution in [2.75, 3.05) is 19.0 Å². The molecule has 0 fully saturated rings. The molecule has 0 aliphatic rings. The van der Waals surface area contributed by atoms with Gasteiger partial charge in [0.1, 0.15) is 16.9 Å². The summed E-state index contributed by atoms with van der Waals surface area (Å²) in [5.41, 5.74) is 1.33. The third kappa shape index (κ3) is 11.6. The Balaban J connectivity index is 1.57. The summed E-state index contributed by atoms with van der Waals surface area (Å²) in [6.07, 6.45) is 25.4. The second kappa shape index (κ2) is 18.9. The summed E-state index contributed by atoms with van der Waals surface area (Å²) in [6, 6.07) is 0. The average molecular weight is 517 g/mol. The normalized spacial score (nSPS) is 11.8. The van der Waals surface area contributed by atoms with Gasteiger partial charge in [-0.05, 0) is 45.4 Å². The van der Waals surface area contributed by atoms with Crippen LogP contribution < -0.4 is 4.74 Å². The first-order valence-electron chi connectivity index (χ1n) is 13.6. The fourth-order valence-corrected chi connectivity index (χ4v) is 4.55. The number of nitrogens with zero attached hydrogens (tertiary/aromatic N) is 4. The van der Waals surface area contributed by atoms with E-state index in [0.717, 1.165) is 19.3 Å². The molecule has 2 heterocycles. The van der Waals surface area contributed by atoms with Crippen molar-refractivity contribution in [2.24, 2.45) is 7.05 Å². The summed E-state index contributed by atoms with van der Waals surface area (Å²) < 4.78 is 12.7. The zero-order chi connectivity index (χ0) is 25.8. The lowest BCUT2D eigenvalue weighted by atomic mass is 10.1. The zero-order valence-corrected chi connectivity index (χ0v) is 23.2. The van der Waals surface area contributed by atoms with E-state index in [1.54, 1.807) is 11.6 Å². The van der Waals surface area contributed by atoms with Crippen LogP contribution in [0.1, 0.15) is 90.9 Å². The first-order valence-corrected chi connectivity index (χ1v) is 14.5. The van der Waals surface area contributed by atoms with E-state index < -0.39 is 0 Å². The molecule has 0 aliphatic carbocycles. The van der Waals surface area contributed by atoms with Crippen LogP contribution in [0.3, 0.4) is 0 Å². The number of fused-ring (bicyclic) bond motifs is 1. The molecule has 0 aliphatic heterocycles. The smallest absolute Gasteiger partial charge is 0.316 e. The van der Waals surface area contributed by atoms with E-state index in [0.29, 0.717) is 35.2 Å². The lowest BCUT2D eigenvalue weighted by Gasteiger charge is -2.06. The Kier molecular flexibility index (Phi) is 15.6. The van der Waals surface area contributed by atoms with Crippen LogP contribution in [0.5, 0.6) is 5.88 Å². The van der Waals surface area contributed by atoms with Gasteiger partial charge in [-0.3, -0.25) is 4.79 Å². The number of esters is 1. The van der Waals surface area contributed by atoms with Gasteiger partial charge in [-0.1, -0.05) is 81.5 Å². The van der Waals surface area contributed by atoms with Gasteiger partial charge in [0.25, 0.3) is 0 Å². The number of aromatic nitrogens is 4. The van der Waals surface area contributed by atoms with E-state index in [1.807, 2.05) is 7.05 Å². The molecule has 0 atom stereocenters. The standard InChI is InChI=1S/C28H44N4O3S/c1-4-6-7-8-9-10-11-12-13-14-15-16-17-18-19-20-21-35-28-26-25(31-32(28)3)27(30-23-29-26)36-22-24(33)34-5-2/h9-10,12-13,23H,4-8,11,14-22H2,1-3H3. The molecule has 0 saturated carbocycles. The first-order chi connectivity index (χ1) is 17.7. The van der Waals surface area contributed by atoms with E-state index >= 15 is 0 Å². The fraction of sp³-hybridized carbons (Fsp3) is 0.643. The van der Waals surface area contributed by atoms with Crippen molar-refractivity contribution in [1.82, 2.24) is 19.7 Å². The van der Waals surface area contributed by atoms with E-state index in [1.165, 1.54) is 75.9 Å². The highest BCUT2D eigenvalue weighted by Gasteiger charge is 2.17. The van der Waals surface area contributed by atoms with Crippen molar-refractivity contribution in [3.63, 3.8) is 0 Å². The molecule has 200 valence electrons. The van der Waals surface area contributed by atoms with Crippen LogP contribution in [0.25, 0.3) is 11.0 Å². The SMILES string of the molecule is CCCCCC=CCC=CCCCCCCCCOc1c2ncnc(SCC(=O)OCC)c2nn1C. The highest BCUT2D eigenvalue weighted by Crippen LogP contribution is 2.29. The molecule has 2 aromatic rings. The Morgan fingerprint density at radius 3 is 2.33 bits per heavy atom. The van der Waals surface area contributed by atoms with Gasteiger partial charge in [0, 0.05) is 7.05 Å². The topological polar surface area (TPSA) is 79.1 Å². The zero-order valence-electron chi connectivity index (χ0n) is 22.4. The van der Waals surface area contributed by atoms with Gasteiger partial charge in [0.15, 0.2) is 5.52 Å². The van der Waals surface area contributed by atoms with Gasteiger partial charge in [-0.25, -0.2) is 14.6 Å². The number of aryl methyl sites for hydroxylation is 1. The molecule has 2 aromatic heterocycles. The molecule has 0 radical (unpaired) electrons. The predicted octanol–water partition coefficient (Wildman–Crippen LogP) is 7.21. The summed E-state index contributed by atoms with van der Waals surface area (Å²) in [5.74, 6) is 0.576. The van der Waals surface area contributed by atoms with Crippen LogP contribution in [0.2, 0.25) is 0 Å². The number of thioether (sulfide) groups is 1. The molecule has 0 unspecified atom stereocenters. The van der Waals surface area contributed by atoms with E-state index in [9.17, 15) is 4.79 Å². The molecule has 7 nitrogen and oxygen atoms in total. The molecule has 8 heteroatoms. The number of carbonyl (C=O) groups excluding carboxylic acids is 1. The molecule has 0 amide bonds. The lowest BCUT2D eigenvalue weighted by molar-refractivity contribution is -0.139. The van der Waals surface area contributed by atoms with Crippen molar-refractivity contribution in [3.05, 3.63) is 30.6 Å². The third-order valence-corrected chi connectivity index (χ3v) is 6.70. The van der Waals surface area contributed by atoms with E-state index in [2.05, 4.69) is 46.3 Å². The number of unbranched alkanes of at least 4 members (excludes halogenated alkanes) is 9. The van der Waals surface area contributed by atoms with Gasteiger partial charge in [0.2, 0.25) is 5.88 Å². The summed E-state index contributed by atoms with van der Waals surface area (Å²) in [7, 11) is 1.84. The quantitative estimate of drug-likeness (QED) is 0.0604. The molecule has 36 heavy (non-hydrogen) atoms. The summed E-state index contributed by atoms with van der Waals surface area (Å²) in [6.45, 7) is 5.05. The van der Waals surface area contributed by atoms with Crippen LogP contribution in [0.15, 0.2) is 35.7 Å².